The molecule has 8 unspecified atom stereocenters. The van der Waals surface area contributed by atoms with E-state index in [4.69, 9.17) is 32.3 Å². The highest BCUT2D eigenvalue weighted by molar-refractivity contribution is 7.47. The van der Waals surface area contributed by atoms with Gasteiger partial charge >= 0.3 is 15.6 Å². The molecular formula is C74H144N4O19P2. The highest BCUT2D eigenvalue weighted by atomic mass is 31.2. The van der Waals surface area contributed by atoms with E-state index in [0.717, 1.165) is 135 Å². The Morgan fingerprint density at radius 3 is 1.25 bits per heavy atom. The number of phosphoric acid groups is 2. The molecule has 23 nitrogen and oxygen atoms in total. The number of amides is 4. The first kappa shape index (κ1) is 96.3. The van der Waals surface area contributed by atoms with Crippen molar-refractivity contribution in [1.29, 1.82) is 0 Å². The molecule has 0 saturated heterocycles. The fraction of sp³-hybridized carbons (Fsp3) is 0.905. The maximum absolute atomic E-state index is 13.3. The van der Waals surface area contributed by atoms with E-state index in [1.807, 2.05) is 0 Å². The third-order valence-corrected chi connectivity index (χ3v) is 19.1. The summed E-state index contributed by atoms with van der Waals surface area (Å²) >= 11 is 0. The average Bonchev–Trinajstić information content (AvgIpc) is 0.990. The van der Waals surface area contributed by atoms with Gasteiger partial charge in [-0.25, -0.2) is 9.13 Å². The second kappa shape index (κ2) is 68.4. The minimum atomic E-state index is -4.75. The van der Waals surface area contributed by atoms with Crippen LogP contribution in [-0.4, -0.2) is 157 Å². The highest BCUT2D eigenvalue weighted by Gasteiger charge is 2.28. The van der Waals surface area contributed by atoms with Crippen molar-refractivity contribution in [2.24, 2.45) is 0 Å². The third kappa shape index (κ3) is 66.9. The number of unbranched alkanes of at least 4 members (excludes halogenated alkanes) is 29. The highest BCUT2D eigenvalue weighted by Crippen LogP contribution is 2.44. The molecule has 0 aliphatic carbocycles. The lowest BCUT2D eigenvalue weighted by Crippen LogP contribution is -2.42. The molecule has 8 atom stereocenters. The van der Waals surface area contributed by atoms with Gasteiger partial charge < -0.3 is 60.6 Å². The van der Waals surface area contributed by atoms with Crippen molar-refractivity contribution in [2.75, 3.05) is 65.9 Å². The molecule has 0 saturated carbocycles. The number of nitrogens with one attached hydrogen (secondary N) is 4. The van der Waals surface area contributed by atoms with E-state index in [-0.39, 0.29) is 83.5 Å². The summed E-state index contributed by atoms with van der Waals surface area (Å²) in [5.41, 5.74) is 0. The van der Waals surface area contributed by atoms with E-state index >= 15 is 0 Å². The molecule has 0 aromatic rings. The molecule has 25 heteroatoms. The van der Waals surface area contributed by atoms with Gasteiger partial charge in [0.1, 0.15) is 5.78 Å². The van der Waals surface area contributed by atoms with Crippen molar-refractivity contribution >= 4 is 45.1 Å². The molecule has 0 radical (unpaired) electrons. The van der Waals surface area contributed by atoms with Crippen LogP contribution in [0.15, 0.2) is 12.2 Å². The lowest BCUT2D eigenvalue weighted by atomic mass is 10.0. The molecule has 9 N–H and O–H groups in total. The van der Waals surface area contributed by atoms with Gasteiger partial charge in [0.05, 0.1) is 82.9 Å². The van der Waals surface area contributed by atoms with Crippen LogP contribution in [0.3, 0.4) is 0 Å². The van der Waals surface area contributed by atoms with Crippen LogP contribution in [0.5, 0.6) is 0 Å². The second-order valence-corrected chi connectivity index (χ2v) is 29.9. The first-order valence-corrected chi connectivity index (χ1v) is 42.1. The lowest BCUT2D eigenvalue weighted by molar-refractivity contribution is -0.147. The first-order chi connectivity index (χ1) is 47.8. The zero-order valence-electron chi connectivity index (χ0n) is 62.6. The largest absolute Gasteiger partial charge is 0.472 e. The zero-order chi connectivity index (χ0) is 73.1. The Morgan fingerprint density at radius 1 is 0.384 bits per heavy atom. The molecule has 0 aromatic carbocycles. The number of phosphoric ester groups is 2. The predicted molar refractivity (Wildman–Crippen MR) is 393 cm³/mol. The van der Waals surface area contributed by atoms with Crippen LogP contribution in [0.2, 0.25) is 0 Å². The van der Waals surface area contributed by atoms with Gasteiger partial charge in [0, 0.05) is 45.6 Å². The normalized spacial score (nSPS) is 14.8. The maximum Gasteiger partial charge on any atom is 0.472 e. The predicted octanol–water partition coefficient (Wildman–Crippen LogP) is 15.1. The smallest absolute Gasteiger partial charge is 0.393 e. The number of ketones is 1. The van der Waals surface area contributed by atoms with Crippen LogP contribution in [-0.2, 0) is 65.4 Å². The molecule has 0 rings (SSSR count). The van der Waals surface area contributed by atoms with Crippen molar-refractivity contribution in [3.05, 3.63) is 12.2 Å². The Balaban J connectivity index is 5.31. The van der Waals surface area contributed by atoms with Gasteiger partial charge in [-0.1, -0.05) is 239 Å². The number of aliphatic hydroxyl groups is 3. The van der Waals surface area contributed by atoms with Crippen molar-refractivity contribution in [1.82, 2.24) is 21.3 Å². The van der Waals surface area contributed by atoms with Gasteiger partial charge in [-0.15, -0.1) is 0 Å². The summed E-state index contributed by atoms with van der Waals surface area (Å²) in [5, 5.41) is 42.5. The summed E-state index contributed by atoms with van der Waals surface area (Å²) in [6, 6.07) is -1.86. The SMILES string of the molecule is CCCCCCC=CCCCC(O)OC(CCCCCCC)CCOCC(COP(=O)(O)OCCNC(=O)CCC(=O)NCCOP(=O)(O)OCC(COCCC(O)CCCCCCC)NC(=O)CC(=O)CCCCCCCCCCC)NC(=O)CC(O)CCCCCCCCCCC. The van der Waals surface area contributed by atoms with E-state index < -0.39 is 96.3 Å². The Labute approximate surface area is 599 Å². The van der Waals surface area contributed by atoms with Gasteiger partial charge in [-0.3, -0.25) is 42.1 Å². The molecule has 0 aliphatic rings. The van der Waals surface area contributed by atoms with Gasteiger partial charge in [0.15, 0.2) is 6.29 Å². The zero-order valence-corrected chi connectivity index (χ0v) is 64.4. The van der Waals surface area contributed by atoms with Crippen LogP contribution in [0, 0.1) is 0 Å². The monoisotopic (exact) mass is 1450 g/mol. The van der Waals surface area contributed by atoms with Crippen LogP contribution in [0.25, 0.3) is 0 Å². The molecule has 99 heavy (non-hydrogen) atoms. The molecule has 0 spiro atoms. The number of carbonyl (C=O) groups is 5. The number of rotatable bonds is 76. The van der Waals surface area contributed by atoms with Crippen LogP contribution < -0.4 is 21.3 Å². The molecule has 0 bridgehead atoms. The number of allylic oxidation sites excluding steroid dienone is 2. The number of ether oxygens (including phenoxy) is 3. The average molecular weight is 1460 g/mol. The fourth-order valence-corrected chi connectivity index (χ4v) is 12.7. The molecule has 584 valence electrons. The third-order valence-electron chi connectivity index (χ3n) is 17.2. The summed E-state index contributed by atoms with van der Waals surface area (Å²) < 4.78 is 64.6. The van der Waals surface area contributed by atoms with Crippen LogP contribution >= 0.6 is 15.6 Å². The maximum atomic E-state index is 13.3. The van der Waals surface area contributed by atoms with Crippen molar-refractivity contribution < 1.29 is 90.5 Å². The van der Waals surface area contributed by atoms with Gasteiger partial charge in [-0.05, 0) is 70.6 Å². The Hall–Kier alpha value is -2.73. The Morgan fingerprint density at radius 2 is 0.778 bits per heavy atom. The summed E-state index contributed by atoms with van der Waals surface area (Å²) in [7, 11) is -9.48. The quantitative estimate of drug-likeness (QED) is 0.00898. The van der Waals surface area contributed by atoms with E-state index in [9.17, 15) is 58.2 Å². The van der Waals surface area contributed by atoms with Crippen LogP contribution in [0.4, 0.5) is 0 Å². The summed E-state index contributed by atoms with van der Waals surface area (Å²) in [6.07, 6.45) is 42.2. The first-order valence-electron chi connectivity index (χ1n) is 39.2. The minimum absolute atomic E-state index is 0.110. The van der Waals surface area contributed by atoms with Crippen molar-refractivity contribution in [3.63, 3.8) is 0 Å². The van der Waals surface area contributed by atoms with Gasteiger partial charge in [0.25, 0.3) is 0 Å². The van der Waals surface area contributed by atoms with E-state index in [0.29, 0.717) is 38.5 Å². The van der Waals surface area contributed by atoms with Gasteiger partial charge in [-0.2, -0.15) is 0 Å². The molecule has 0 aromatic heterocycles. The summed E-state index contributed by atoms with van der Waals surface area (Å²) in [4.78, 5) is 85.3. The Kier molecular flexibility index (Phi) is 66.5. The lowest BCUT2D eigenvalue weighted by Gasteiger charge is -2.24. The Bertz CT molecular complexity index is 2070. The fourth-order valence-electron chi connectivity index (χ4n) is 11.2. The summed E-state index contributed by atoms with van der Waals surface area (Å²) in [6.45, 7) is 8.65. The molecule has 0 fully saturated rings. The number of carbonyl (C=O) groups excluding carboxylic acids is 5. The summed E-state index contributed by atoms with van der Waals surface area (Å²) in [5.74, 6) is -2.44. The van der Waals surface area contributed by atoms with Crippen molar-refractivity contribution in [2.45, 2.75) is 367 Å². The van der Waals surface area contributed by atoms with Crippen LogP contribution in [0.1, 0.15) is 330 Å². The number of hydrogen-bond acceptors (Lipinski definition) is 17. The van der Waals surface area contributed by atoms with E-state index in [2.05, 4.69) is 68.0 Å². The van der Waals surface area contributed by atoms with Crippen molar-refractivity contribution in [3.8, 4) is 0 Å². The van der Waals surface area contributed by atoms with E-state index in [1.165, 1.54) is 89.9 Å². The standard InChI is InChI=1S/C74H144N4O19P2/c1-6-11-16-21-24-27-30-35-39-44-67(80)58-72(84)77-64(60-91-54-50-66(79)43-38-33-19-14-9-4)62-95-98(87,88)93-56-52-75-70(82)48-49-71(83)76-53-57-94-99(89,90)96-63-65(78-73(85)59-68(81)45-40-36-31-28-25-22-17-12-7-2)61-92-55-51-69(46-41-34-20-15-10-5)97-74(86)47-42-37-32-29-26-23-18-13-8-3/h29,32,64-66,68-69,74,79,81,86H,6-28,30-31,33-63H2,1-5H3,(H,75,82)(H,76,83)(H,77,84)(H,78,85)(H,87,88)(H,89,90). The number of hydrogen-bond donors (Lipinski definition) is 9. The number of aliphatic hydroxyl groups excluding tert-OH is 3. The topological polar surface area (TPSA) is 333 Å². The molecule has 0 heterocycles. The second-order valence-electron chi connectivity index (χ2n) is 26.9. The minimum Gasteiger partial charge on any atom is -0.393 e. The number of Topliss-reactive ketones (excluding diaryl/α,β-unsaturated/α-hetero) is 1. The molecule has 0 aliphatic heterocycles. The van der Waals surface area contributed by atoms with E-state index in [1.54, 1.807) is 0 Å². The molecule has 4 amide bonds. The van der Waals surface area contributed by atoms with Gasteiger partial charge in [0.2, 0.25) is 23.6 Å². The molecular weight excluding hydrogens is 1310 g/mol.